The molecule has 0 aliphatic carbocycles. The van der Waals surface area contributed by atoms with Gasteiger partial charge < -0.3 is 10.1 Å². The molecule has 5 nitrogen and oxygen atoms in total. The van der Waals surface area contributed by atoms with Gasteiger partial charge in [-0.3, -0.25) is 10.1 Å². The molecule has 3 rings (SSSR count). The van der Waals surface area contributed by atoms with Crippen molar-refractivity contribution in [1.29, 1.82) is 0 Å². The minimum Gasteiger partial charge on any atom is -0.449 e. The summed E-state index contributed by atoms with van der Waals surface area (Å²) in [6, 6.07) is 26.9. The van der Waals surface area contributed by atoms with Crippen LogP contribution in [-0.2, 0) is 4.74 Å². The van der Waals surface area contributed by atoms with Crippen LogP contribution in [0.5, 0.6) is 0 Å². The average Bonchev–Trinajstić information content (AvgIpc) is 2.81. The summed E-state index contributed by atoms with van der Waals surface area (Å²) in [5, 5.41) is 5.41. The monoisotopic (exact) mass is 414 g/mol. The van der Waals surface area contributed by atoms with Crippen molar-refractivity contribution in [2.24, 2.45) is 0 Å². The summed E-state index contributed by atoms with van der Waals surface area (Å²) in [5.41, 5.74) is 4.45. The number of rotatable bonds is 8. The van der Waals surface area contributed by atoms with Crippen molar-refractivity contribution in [3.8, 4) is 0 Å². The van der Waals surface area contributed by atoms with Gasteiger partial charge in [-0.25, -0.2) is 4.79 Å². The van der Waals surface area contributed by atoms with Crippen LogP contribution in [0.2, 0.25) is 0 Å². The third kappa shape index (κ3) is 6.57. The Labute approximate surface area is 182 Å². The van der Waals surface area contributed by atoms with E-state index in [4.69, 9.17) is 4.74 Å². The fourth-order valence-corrected chi connectivity index (χ4v) is 3.11. The van der Waals surface area contributed by atoms with Gasteiger partial charge in [0.05, 0.1) is 6.61 Å². The molecule has 5 heteroatoms. The van der Waals surface area contributed by atoms with Crippen molar-refractivity contribution in [2.75, 3.05) is 18.5 Å². The molecule has 0 saturated carbocycles. The molecule has 158 valence electrons. The molecule has 0 saturated heterocycles. The molecule has 0 radical (unpaired) electrons. The van der Waals surface area contributed by atoms with E-state index < -0.39 is 6.09 Å². The highest BCUT2D eigenvalue weighted by Gasteiger charge is 2.07. The highest BCUT2D eigenvalue weighted by molar-refractivity contribution is 5.95. The number of nitrogens with one attached hydrogen (secondary N) is 2. The number of benzene rings is 3. The second kappa shape index (κ2) is 11.4. The third-order valence-electron chi connectivity index (χ3n) is 4.60. The number of carbonyl (C=O) groups excluding carboxylic acids is 2. The largest absolute Gasteiger partial charge is 0.449 e. The number of hydrogen-bond acceptors (Lipinski definition) is 3. The van der Waals surface area contributed by atoms with E-state index in [-0.39, 0.29) is 12.5 Å². The quantitative estimate of drug-likeness (QED) is 0.478. The molecule has 0 fully saturated rings. The van der Waals surface area contributed by atoms with Crippen LogP contribution in [0.4, 0.5) is 10.5 Å². The van der Waals surface area contributed by atoms with E-state index in [0.29, 0.717) is 24.2 Å². The Morgan fingerprint density at radius 1 is 0.806 bits per heavy atom. The first kappa shape index (κ1) is 21.8. The van der Waals surface area contributed by atoms with Crippen LogP contribution in [0.1, 0.15) is 34.8 Å². The highest BCUT2D eigenvalue weighted by Crippen LogP contribution is 2.23. The molecule has 0 heterocycles. The first-order valence-corrected chi connectivity index (χ1v) is 10.3. The summed E-state index contributed by atoms with van der Waals surface area (Å²) in [6.07, 6.45) is 2.14. The zero-order chi connectivity index (χ0) is 21.9. The second-order valence-electron chi connectivity index (χ2n) is 6.84. The van der Waals surface area contributed by atoms with Crippen molar-refractivity contribution < 1.29 is 14.3 Å². The normalized spacial score (nSPS) is 10.1. The van der Waals surface area contributed by atoms with Crippen LogP contribution in [0, 0.1) is 0 Å². The molecule has 31 heavy (non-hydrogen) atoms. The maximum atomic E-state index is 12.1. The molecule has 3 aromatic rings. The second-order valence-corrected chi connectivity index (χ2v) is 6.84. The maximum Gasteiger partial charge on any atom is 0.411 e. The van der Waals surface area contributed by atoms with Gasteiger partial charge in [-0.15, -0.1) is 0 Å². The lowest BCUT2D eigenvalue weighted by Gasteiger charge is -2.10. The summed E-state index contributed by atoms with van der Waals surface area (Å²) in [4.78, 5) is 23.9. The van der Waals surface area contributed by atoms with Gasteiger partial charge in [-0.05, 0) is 47.9 Å². The zero-order valence-electron chi connectivity index (χ0n) is 17.5. The SMILES string of the molecule is CCNC(=O)c1ccc(NC(=O)OCCC=C(c2ccccc2)c2ccccc2)cc1. The molecule has 0 spiro atoms. The highest BCUT2D eigenvalue weighted by atomic mass is 16.5. The van der Waals surface area contributed by atoms with Crippen LogP contribution in [0.25, 0.3) is 5.57 Å². The van der Waals surface area contributed by atoms with E-state index in [2.05, 4.69) is 41.0 Å². The predicted molar refractivity (Wildman–Crippen MR) is 124 cm³/mol. The van der Waals surface area contributed by atoms with Crippen molar-refractivity contribution in [2.45, 2.75) is 13.3 Å². The Kier molecular flexibility index (Phi) is 8.00. The van der Waals surface area contributed by atoms with Gasteiger partial charge in [0.1, 0.15) is 0 Å². The van der Waals surface area contributed by atoms with Gasteiger partial charge in [0.15, 0.2) is 0 Å². The lowest BCUT2D eigenvalue weighted by molar-refractivity contribution is 0.0956. The standard InChI is InChI=1S/C26H26N2O3/c1-2-27-25(29)22-15-17-23(18-16-22)28-26(30)31-19-9-14-24(20-10-5-3-6-11-20)21-12-7-4-8-13-21/h3-8,10-18H,2,9,19H2,1H3,(H,27,29)(H,28,30). The van der Waals surface area contributed by atoms with Gasteiger partial charge in [0.25, 0.3) is 5.91 Å². The van der Waals surface area contributed by atoms with E-state index in [1.54, 1.807) is 24.3 Å². The lowest BCUT2D eigenvalue weighted by atomic mass is 9.97. The van der Waals surface area contributed by atoms with Gasteiger partial charge in [0.2, 0.25) is 0 Å². The molecule has 0 bridgehead atoms. The van der Waals surface area contributed by atoms with Gasteiger partial charge >= 0.3 is 6.09 Å². The molecule has 3 aromatic carbocycles. The summed E-state index contributed by atoms with van der Waals surface area (Å²) >= 11 is 0. The number of amides is 2. The topological polar surface area (TPSA) is 67.4 Å². The molecule has 0 aliphatic rings. The van der Waals surface area contributed by atoms with E-state index >= 15 is 0 Å². The first-order chi connectivity index (χ1) is 15.2. The molecule has 0 aliphatic heterocycles. The van der Waals surface area contributed by atoms with E-state index in [1.165, 1.54) is 0 Å². The van der Waals surface area contributed by atoms with Crippen LogP contribution in [-0.4, -0.2) is 25.2 Å². The number of anilines is 1. The van der Waals surface area contributed by atoms with Crippen molar-refractivity contribution in [3.63, 3.8) is 0 Å². The molecule has 0 unspecified atom stereocenters. The Morgan fingerprint density at radius 2 is 1.39 bits per heavy atom. The van der Waals surface area contributed by atoms with Crippen LogP contribution in [0.15, 0.2) is 91.0 Å². The van der Waals surface area contributed by atoms with Crippen LogP contribution >= 0.6 is 0 Å². The zero-order valence-corrected chi connectivity index (χ0v) is 17.5. The predicted octanol–water partition coefficient (Wildman–Crippen LogP) is 5.51. The minimum atomic E-state index is -0.528. The summed E-state index contributed by atoms with van der Waals surface area (Å²) in [7, 11) is 0. The van der Waals surface area contributed by atoms with Crippen molar-refractivity contribution in [1.82, 2.24) is 5.32 Å². The van der Waals surface area contributed by atoms with E-state index in [9.17, 15) is 9.59 Å². The first-order valence-electron chi connectivity index (χ1n) is 10.3. The Morgan fingerprint density at radius 3 is 1.94 bits per heavy atom. The van der Waals surface area contributed by atoms with E-state index in [0.717, 1.165) is 16.7 Å². The molecule has 2 amide bonds. The third-order valence-corrected chi connectivity index (χ3v) is 4.60. The molecular formula is C26H26N2O3. The molecule has 0 atom stereocenters. The Hall–Kier alpha value is -3.86. The van der Waals surface area contributed by atoms with Crippen molar-refractivity contribution >= 4 is 23.3 Å². The van der Waals surface area contributed by atoms with Gasteiger partial charge in [-0.2, -0.15) is 0 Å². The summed E-state index contributed by atoms with van der Waals surface area (Å²) in [6.45, 7) is 2.68. The Balaban J connectivity index is 1.55. The summed E-state index contributed by atoms with van der Waals surface area (Å²) in [5.74, 6) is -0.143. The maximum absolute atomic E-state index is 12.1. The molecule has 2 N–H and O–H groups in total. The van der Waals surface area contributed by atoms with Crippen LogP contribution in [0.3, 0.4) is 0 Å². The fraction of sp³-hybridized carbons (Fsp3) is 0.154. The van der Waals surface area contributed by atoms with Gasteiger partial charge in [0, 0.05) is 24.2 Å². The average molecular weight is 415 g/mol. The number of carbonyl (C=O) groups is 2. The van der Waals surface area contributed by atoms with Crippen LogP contribution < -0.4 is 10.6 Å². The minimum absolute atomic E-state index is 0.143. The number of ether oxygens (including phenoxy) is 1. The van der Waals surface area contributed by atoms with Gasteiger partial charge in [-0.1, -0.05) is 66.7 Å². The number of hydrogen-bond donors (Lipinski definition) is 2. The van der Waals surface area contributed by atoms with E-state index in [1.807, 2.05) is 43.3 Å². The lowest BCUT2D eigenvalue weighted by Crippen LogP contribution is -2.22. The van der Waals surface area contributed by atoms with Crippen molar-refractivity contribution in [3.05, 3.63) is 108 Å². The molecule has 0 aromatic heterocycles. The molecular weight excluding hydrogens is 388 g/mol. The fourth-order valence-electron chi connectivity index (χ4n) is 3.11. The Bertz CT molecular complexity index is 972. The summed E-state index contributed by atoms with van der Waals surface area (Å²) < 4.78 is 5.31. The smallest absolute Gasteiger partial charge is 0.411 e.